The molecule has 0 bridgehead atoms. The van der Waals surface area contributed by atoms with Crippen LogP contribution in [0.4, 0.5) is 0 Å². The van der Waals surface area contributed by atoms with Crippen molar-refractivity contribution in [3.05, 3.63) is 53.5 Å². The van der Waals surface area contributed by atoms with E-state index in [-0.39, 0.29) is 23.7 Å². The van der Waals surface area contributed by atoms with Crippen LogP contribution in [0.5, 0.6) is 0 Å². The first-order chi connectivity index (χ1) is 16.9. The van der Waals surface area contributed by atoms with Gasteiger partial charge in [-0.2, -0.15) is 4.31 Å². The maximum atomic E-state index is 13.2. The van der Waals surface area contributed by atoms with Crippen molar-refractivity contribution in [2.75, 3.05) is 26.2 Å². The van der Waals surface area contributed by atoms with Crippen molar-refractivity contribution in [2.45, 2.75) is 56.4 Å². The molecule has 188 valence electrons. The number of benzene rings is 1. The minimum absolute atomic E-state index is 0.00133. The zero-order valence-electron chi connectivity index (χ0n) is 19.9. The number of furan rings is 1. The average Bonchev–Trinajstić information content (AvgIpc) is 3.58. The van der Waals surface area contributed by atoms with Crippen molar-refractivity contribution in [3.8, 4) is 0 Å². The van der Waals surface area contributed by atoms with Crippen molar-refractivity contribution in [2.24, 2.45) is 11.8 Å². The minimum Gasteiger partial charge on any atom is -0.467 e. The third-order valence-electron chi connectivity index (χ3n) is 7.71. The van der Waals surface area contributed by atoms with E-state index in [2.05, 4.69) is 5.32 Å². The van der Waals surface area contributed by atoms with Crippen molar-refractivity contribution >= 4 is 21.8 Å². The Labute approximate surface area is 206 Å². The van der Waals surface area contributed by atoms with Gasteiger partial charge in [-0.1, -0.05) is 6.07 Å². The van der Waals surface area contributed by atoms with Crippen molar-refractivity contribution in [3.63, 3.8) is 0 Å². The Morgan fingerprint density at radius 2 is 1.66 bits per heavy atom. The molecular formula is C26H33N3O5S. The second-order valence-electron chi connectivity index (χ2n) is 9.86. The van der Waals surface area contributed by atoms with E-state index in [1.807, 2.05) is 23.1 Å². The van der Waals surface area contributed by atoms with Crippen LogP contribution in [-0.4, -0.2) is 55.6 Å². The largest absolute Gasteiger partial charge is 0.467 e. The number of likely N-dealkylation sites (tertiary alicyclic amines) is 1. The van der Waals surface area contributed by atoms with Gasteiger partial charge in [-0.15, -0.1) is 0 Å². The molecule has 2 fully saturated rings. The highest BCUT2D eigenvalue weighted by Crippen LogP contribution is 2.30. The SMILES string of the molecule is O=C(NCc1ccco1)C1CCN(C(=O)C2CCN(S(=O)(=O)c3ccc4c(c3)CCC4)CC2)CC1. The first-order valence-electron chi connectivity index (χ1n) is 12.6. The van der Waals surface area contributed by atoms with Gasteiger partial charge in [0.05, 0.1) is 17.7 Å². The Bertz CT molecular complexity index is 1160. The molecule has 5 rings (SSSR count). The summed E-state index contributed by atoms with van der Waals surface area (Å²) in [6.45, 7) is 2.22. The van der Waals surface area contributed by atoms with Gasteiger partial charge in [0.15, 0.2) is 0 Å². The van der Waals surface area contributed by atoms with Gasteiger partial charge >= 0.3 is 0 Å². The number of carbonyl (C=O) groups is 2. The molecular weight excluding hydrogens is 466 g/mol. The van der Waals surface area contributed by atoms with Crippen LogP contribution < -0.4 is 5.32 Å². The van der Waals surface area contributed by atoms with Crippen LogP contribution in [0, 0.1) is 11.8 Å². The molecule has 2 aromatic rings. The topological polar surface area (TPSA) is 99.9 Å². The number of sulfonamides is 1. The number of fused-ring (bicyclic) bond motifs is 1. The molecule has 0 radical (unpaired) electrons. The first-order valence-corrected chi connectivity index (χ1v) is 14.1. The number of nitrogens with zero attached hydrogens (tertiary/aromatic N) is 2. The second-order valence-corrected chi connectivity index (χ2v) is 11.8. The summed E-state index contributed by atoms with van der Waals surface area (Å²) in [4.78, 5) is 27.8. The van der Waals surface area contributed by atoms with E-state index >= 15 is 0 Å². The lowest BCUT2D eigenvalue weighted by Gasteiger charge is -2.36. The van der Waals surface area contributed by atoms with E-state index in [1.165, 1.54) is 9.87 Å². The summed E-state index contributed by atoms with van der Waals surface area (Å²) in [5.41, 5.74) is 2.40. The van der Waals surface area contributed by atoms with Gasteiger partial charge in [-0.05, 0) is 80.3 Å². The number of aryl methyl sites for hydroxylation is 2. The Morgan fingerprint density at radius 1 is 0.943 bits per heavy atom. The molecule has 2 saturated heterocycles. The standard InChI is InChI=1S/C26H33N3O5S/c30-25(27-18-23-5-2-16-34-23)20-8-12-28(13-9-20)26(31)21-10-14-29(15-11-21)35(32,33)24-7-6-19-3-1-4-22(19)17-24/h2,5-7,16-17,20-21H,1,3-4,8-15,18H2,(H,27,30). The van der Waals surface area contributed by atoms with E-state index in [0.717, 1.165) is 30.6 Å². The molecule has 1 aliphatic carbocycles. The predicted molar refractivity (Wildman–Crippen MR) is 130 cm³/mol. The molecule has 35 heavy (non-hydrogen) atoms. The Morgan fingerprint density at radius 3 is 2.37 bits per heavy atom. The zero-order chi connectivity index (χ0) is 24.4. The average molecular weight is 500 g/mol. The number of hydrogen-bond acceptors (Lipinski definition) is 5. The highest BCUT2D eigenvalue weighted by atomic mass is 32.2. The predicted octanol–water partition coefficient (Wildman–Crippen LogP) is 2.72. The zero-order valence-corrected chi connectivity index (χ0v) is 20.8. The smallest absolute Gasteiger partial charge is 0.243 e. The van der Waals surface area contributed by atoms with E-state index < -0.39 is 10.0 Å². The summed E-state index contributed by atoms with van der Waals surface area (Å²) in [5, 5.41) is 2.91. The lowest BCUT2D eigenvalue weighted by atomic mass is 9.92. The highest BCUT2D eigenvalue weighted by molar-refractivity contribution is 7.89. The number of hydrogen-bond donors (Lipinski definition) is 1. The number of carbonyl (C=O) groups excluding carboxylic acids is 2. The number of nitrogens with one attached hydrogen (secondary N) is 1. The van der Waals surface area contributed by atoms with Gasteiger partial charge < -0.3 is 14.6 Å². The number of piperidine rings is 2. The molecule has 0 unspecified atom stereocenters. The lowest BCUT2D eigenvalue weighted by molar-refractivity contribution is -0.140. The van der Waals surface area contributed by atoms with Crippen molar-refractivity contribution < 1.29 is 22.4 Å². The molecule has 0 saturated carbocycles. The molecule has 1 aromatic heterocycles. The number of amides is 2. The van der Waals surface area contributed by atoms with Gasteiger partial charge in [-0.25, -0.2) is 8.42 Å². The molecule has 1 N–H and O–H groups in total. The van der Waals surface area contributed by atoms with Gasteiger partial charge in [0.25, 0.3) is 0 Å². The van der Waals surface area contributed by atoms with Gasteiger partial charge in [-0.3, -0.25) is 9.59 Å². The Hall–Kier alpha value is -2.65. The summed E-state index contributed by atoms with van der Waals surface area (Å²) in [6.07, 6.45) is 6.98. The van der Waals surface area contributed by atoms with Crippen LogP contribution in [0.1, 0.15) is 49.0 Å². The minimum atomic E-state index is -3.54. The molecule has 3 aliphatic rings. The molecule has 2 aliphatic heterocycles. The van der Waals surface area contributed by atoms with Crippen LogP contribution in [0.2, 0.25) is 0 Å². The number of rotatable bonds is 6. The van der Waals surface area contributed by atoms with E-state index in [9.17, 15) is 18.0 Å². The molecule has 1 aromatic carbocycles. The summed E-state index contributed by atoms with van der Waals surface area (Å²) >= 11 is 0. The van der Waals surface area contributed by atoms with Crippen LogP contribution in [0.3, 0.4) is 0 Å². The fraction of sp³-hybridized carbons (Fsp3) is 0.538. The normalized spacial score (nSPS) is 20.1. The summed E-state index contributed by atoms with van der Waals surface area (Å²) < 4.78 is 33.1. The highest BCUT2D eigenvalue weighted by Gasteiger charge is 2.36. The van der Waals surface area contributed by atoms with Gasteiger partial charge in [0.1, 0.15) is 5.76 Å². The van der Waals surface area contributed by atoms with Gasteiger partial charge in [0.2, 0.25) is 21.8 Å². The molecule has 8 nitrogen and oxygen atoms in total. The van der Waals surface area contributed by atoms with E-state index in [4.69, 9.17) is 4.42 Å². The van der Waals surface area contributed by atoms with Crippen molar-refractivity contribution in [1.29, 1.82) is 0 Å². The lowest BCUT2D eigenvalue weighted by Crippen LogP contribution is -2.48. The monoisotopic (exact) mass is 499 g/mol. The van der Waals surface area contributed by atoms with Crippen LogP contribution in [0.25, 0.3) is 0 Å². The van der Waals surface area contributed by atoms with E-state index in [1.54, 1.807) is 18.4 Å². The third kappa shape index (κ3) is 5.16. The quantitative estimate of drug-likeness (QED) is 0.659. The second kappa shape index (κ2) is 10.1. The maximum Gasteiger partial charge on any atom is 0.243 e. The Kier molecular flexibility index (Phi) is 6.98. The summed E-state index contributed by atoms with van der Waals surface area (Å²) in [6, 6.07) is 9.13. The fourth-order valence-electron chi connectivity index (χ4n) is 5.55. The third-order valence-corrected chi connectivity index (χ3v) is 9.60. The van der Waals surface area contributed by atoms with Crippen molar-refractivity contribution in [1.82, 2.24) is 14.5 Å². The maximum absolute atomic E-state index is 13.2. The van der Waals surface area contributed by atoms with E-state index in [0.29, 0.717) is 63.3 Å². The fourth-order valence-corrected chi connectivity index (χ4v) is 7.07. The first kappa shape index (κ1) is 24.1. The van der Waals surface area contributed by atoms with Crippen LogP contribution in [-0.2, 0) is 39.0 Å². The van der Waals surface area contributed by atoms with Crippen LogP contribution >= 0.6 is 0 Å². The molecule has 9 heteroatoms. The molecule has 3 heterocycles. The molecule has 0 spiro atoms. The summed E-state index contributed by atoms with van der Waals surface area (Å²) in [5.74, 6) is 0.544. The molecule has 0 atom stereocenters. The van der Waals surface area contributed by atoms with Gasteiger partial charge in [0, 0.05) is 38.0 Å². The molecule has 2 amide bonds. The van der Waals surface area contributed by atoms with Crippen LogP contribution in [0.15, 0.2) is 45.9 Å². The Balaban J connectivity index is 1.10. The summed E-state index contributed by atoms with van der Waals surface area (Å²) in [7, 11) is -3.54.